The third kappa shape index (κ3) is 3.55. The molecule has 5 nitrogen and oxygen atoms in total. The minimum Gasteiger partial charge on any atom is -0.397 e. The number of carbonyl (C=O) groups excluding carboxylic acids is 1. The molecule has 0 aliphatic heterocycles. The predicted octanol–water partition coefficient (Wildman–Crippen LogP) is 2.33. The molecule has 21 heavy (non-hydrogen) atoms. The molecule has 1 amide bonds. The summed E-state index contributed by atoms with van der Waals surface area (Å²) in [6, 6.07) is 5.72. The SMILES string of the molecule is COCC(O)CN(C)C(=O)c1sc2cc(Br)ccc2c1N. The van der Waals surface area contributed by atoms with E-state index in [4.69, 9.17) is 10.5 Å². The summed E-state index contributed by atoms with van der Waals surface area (Å²) in [6.45, 7) is 0.385. The Kier molecular flexibility index (Phi) is 5.21. The van der Waals surface area contributed by atoms with E-state index >= 15 is 0 Å². The van der Waals surface area contributed by atoms with Crippen molar-refractivity contribution in [3.8, 4) is 0 Å². The highest BCUT2D eigenvalue weighted by molar-refractivity contribution is 9.10. The molecule has 2 aromatic rings. The van der Waals surface area contributed by atoms with Crippen LogP contribution in [0.25, 0.3) is 10.1 Å². The van der Waals surface area contributed by atoms with E-state index in [2.05, 4.69) is 15.9 Å². The van der Waals surface area contributed by atoms with E-state index in [9.17, 15) is 9.90 Å². The molecule has 0 saturated carbocycles. The van der Waals surface area contributed by atoms with Crippen LogP contribution in [0.2, 0.25) is 0 Å². The number of halogens is 1. The molecule has 114 valence electrons. The van der Waals surface area contributed by atoms with Gasteiger partial charge in [-0.25, -0.2) is 0 Å². The molecule has 0 aliphatic rings. The third-order valence-electron chi connectivity index (χ3n) is 3.08. The summed E-state index contributed by atoms with van der Waals surface area (Å²) in [5.74, 6) is -0.194. The van der Waals surface area contributed by atoms with Crippen molar-refractivity contribution in [1.82, 2.24) is 4.90 Å². The number of nitrogens with zero attached hydrogens (tertiary/aromatic N) is 1. The average Bonchev–Trinajstić information content (AvgIpc) is 2.74. The molecule has 1 atom stereocenters. The Morgan fingerprint density at radius 1 is 1.57 bits per heavy atom. The summed E-state index contributed by atoms with van der Waals surface area (Å²) in [6.07, 6.45) is -0.714. The van der Waals surface area contributed by atoms with E-state index in [1.807, 2.05) is 18.2 Å². The number of likely N-dealkylation sites (N-methyl/N-ethyl adjacent to an activating group) is 1. The molecule has 1 unspecified atom stereocenters. The van der Waals surface area contributed by atoms with Crippen LogP contribution < -0.4 is 5.73 Å². The topological polar surface area (TPSA) is 75.8 Å². The first-order valence-electron chi connectivity index (χ1n) is 6.34. The number of nitrogens with two attached hydrogens (primary N) is 1. The molecule has 0 radical (unpaired) electrons. The van der Waals surface area contributed by atoms with Crippen molar-refractivity contribution in [3.05, 3.63) is 27.5 Å². The summed E-state index contributed by atoms with van der Waals surface area (Å²) >= 11 is 4.76. The van der Waals surface area contributed by atoms with Gasteiger partial charge in [0.1, 0.15) is 4.88 Å². The molecule has 0 bridgehead atoms. The number of thiophene rings is 1. The first-order valence-corrected chi connectivity index (χ1v) is 7.95. The Morgan fingerprint density at radius 2 is 2.29 bits per heavy atom. The Balaban J connectivity index is 2.24. The van der Waals surface area contributed by atoms with Gasteiger partial charge in [0.15, 0.2) is 0 Å². The molecule has 0 fully saturated rings. The maximum Gasteiger partial charge on any atom is 0.265 e. The number of carbonyl (C=O) groups is 1. The average molecular weight is 373 g/mol. The maximum atomic E-state index is 12.5. The van der Waals surface area contributed by atoms with Gasteiger partial charge in [-0.1, -0.05) is 22.0 Å². The highest BCUT2D eigenvalue weighted by Gasteiger charge is 2.21. The smallest absolute Gasteiger partial charge is 0.265 e. The lowest BCUT2D eigenvalue weighted by atomic mass is 10.2. The van der Waals surface area contributed by atoms with Gasteiger partial charge in [0, 0.05) is 35.3 Å². The zero-order chi connectivity index (χ0) is 15.6. The zero-order valence-electron chi connectivity index (χ0n) is 11.8. The van der Waals surface area contributed by atoms with Gasteiger partial charge in [-0.15, -0.1) is 11.3 Å². The Morgan fingerprint density at radius 3 is 2.95 bits per heavy atom. The highest BCUT2D eigenvalue weighted by atomic mass is 79.9. The number of fused-ring (bicyclic) bond motifs is 1. The number of hydrogen-bond acceptors (Lipinski definition) is 5. The highest BCUT2D eigenvalue weighted by Crippen LogP contribution is 2.35. The monoisotopic (exact) mass is 372 g/mol. The lowest BCUT2D eigenvalue weighted by Gasteiger charge is -2.20. The number of aliphatic hydroxyl groups excluding tert-OH is 1. The molecule has 7 heteroatoms. The summed E-state index contributed by atoms with van der Waals surface area (Å²) < 4.78 is 6.76. The number of anilines is 1. The number of hydrogen-bond donors (Lipinski definition) is 2. The number of methoxy groups -OCH3 is 1. The molecule has 0 aliphatic carbocycles. The van der Waals surface area contributed by atoms with Gasteiger partial charge in [0.05, 0.1) is 18.4 Å². The molecule has 3 N–H and O–H groups in total. The second-order valence-corrected chi connectivity index (χ2v) is 6.75. The van der Waals surface area contributed by atoms with Crippen molar-refractivity contribution in [2.24, 2.45) is 0 Å². The van der Waals surface area contributed by atoms with E-state index in [0.717, 1.165) is 14.6 Å². The van der Waals surface area contributed by atoms with Crippen LogP contribution in [0.15, 0.2) is 22.7 Å². The van der Waals surface area contributed by atoms with E-state index in [1.54, 1.807) is 7.05 Å². The Bertz CT molecular complexity index is 659. The van der Waals surface area contributed by atoms with Crippen molar-refractivity contribution < 1.29 is 14.6 Å². The number of amides is 1. The number of nitrogen functional groups attached to an aromatic ring is 1. The van der Waals surface area contributed by atoms with Crippen LogP contribution in [0.3, 0.4) is 0 Å². The zero-order valence-corrected chi connectivity index (χ0v) is 14.2. The second-order valence-electron chi connectivity index (χ2n) is 4.78. The van der Waals surface area contributed by atoms with Gasteiger partial charge in [0.2, 0.25) is 0 Å². The molecular formula is C14H17BrN2O3S. The van der Waals surface area contributed by atoms with Crippen molar-refractivity contribution in [2.45, 2.75) is 6.10 Å². The summed E-state index contributed by atoms with van der Waals surface area (Å²) in [5, 5.41) is 10.6. The fourth-order valence-electron chi connectivity index (χ4n) is 2.07. The quantitative estimate of drug-likeness (QED) is 0.844. The van der Waals surface area contributed by atoms with Crippen molar-refractivity contribution in [2.75, 3.05) is 33.0 Å². The first-order chi connectivity index (χ1) is 9.93. The molecular weight excluding hydrogens is 356 g/mol. The molecule has 1 aromatic carbocycles. The minimum atomic E-state index is -0.714. The van der Waals surface area contributed by atoms with Gasteiger partial charge in [-0.2, -0.15) is 0 Å². The summed E-state index contributed by atoms with van der Waals surface area (Å²) in [5.41, 5.74) is 6.56. The van der Waals surface area contributed by atoms with Gasteiger partial charge >= 0.3 is 0 Å². The van der Waals surface area contributed by atoms with Crippen LogP contribution in [0.1, 0.15) is 9.67 Å². The largest absolute Gasteiger partial charge is 0.397 e. The number of benzene rings is 1. The van der Waals surface area contributed by atoms with Gasteiger partial charge in [-0.3, -0.25) is 4.79 Å². The molecule has 0 saturated heterocycles. The first kappa shape index (κ1) is 16.2. The Labute approximate surface area is 135 Å². The van der Waals surface area contributed by atoms with E-state index < -0.39 is 6.10 Å². The van der Waals surface area contributed by atoms with E-state index in [1.165, 1.54) is 23.3 Å². The van der Waals surface area contributed by atoms with Crippen molar-refractivity contribution >= 4 is 48.9 Å². The van der Waals surface area contributed by atoms with Crippen LogP contribution in [-0.4, -0.2) is 49.3 Å². The normalized spacial score (nSPS) is 12.6. The molecule has 1 aromatic heterocycles. The van der Waals surface area contributed by atoms with Crippen LogP contribution in [0.4, 0.5) is 5.69 Å². The number of rotatable bonds is 5. The maximum absolute atomic E-state index is 12.5. The van der Waals surface area contributed by atoms with Crippen LogP contribution >= 0.6 is 27.3 Å². The lowest BCUT2D eigenvalue weighted by Crippen LogP contribution is -2.36. The van der Waals surface area contributed by atoms with Crippen LogP contribution in [-0.2, 0) is 4.74 Å². The van der Waals surface area contributed by atoms with E-state index in [0.29, 0.717) is 10.6 Å². The van der Waals surface area contributed by atoms with Crippen LogP contribution in [0.5, 0.6) is 0 Å². The van der Waals surface area contributed by atoms with Gasteiger partial charge in [-0.05, 0) is 12.1 Å². The summed E-state index contributed by atoms with van der Waals surface area (Å²) in [4.78, 5) is 14.4. The molecule has 1 heterocycles. The Hall–Kier alpha value is -1.15. The van der Waals surface area contributed by atoms with Crippen molar-refractivity contribution in [3.63, 3.8) is 0 Å². The summed E-state index contributed by atoms with van der Waals surface area (Å²) in [7, 11) is 3.15. The predicted molar refractivity (Wildman–Crippen MR) is 88.8 cm³/mol. The molecule has 2 rings (SSSR count). The van der Waals surface area contributed by atoms with Crippen molar-refractivity contribution in [1.29, 1.82) is 0 Å². The second kappa shape index (κ2) is 6.74. The molecule has 0 spiro atoms. The van der Waals surface area contributed by atoms with Gasteiger partial charge < -0.3 is 20.5 Å². The van der Waals surface area contributed by atoms with E-state index in [-0.39, 0.29) is 19.1 Å². The third-order valence-corrected chi connectivity index (χ3v) is 4.72. The fraction of sp³-hybridized carbons (Fsp3) is 0.357. The van der Waals surface area contributed by atoms with Gasteiger partial charge in [0.25, 0.3) is 5.91 Å². The lowest BCUT2D eigenvalue weighted by molar-refractivity contribution is 0.0382. The number of ether oxygens (including phenoxy) is 1. The number of aliphatic hydroxyl groups is 1. The fourth-order valence-corrected chi connectivity index (χ4v) is 3.74. The minimum absolute atomic E-state index is 0.187. The standard InChI is InChI=1S/C14H17BrN2O3S/c1-17(6-9(18)7-20-2)14(19)13-12(16)10-4-3-8(15)5-11(10)21-13/h3-5,9,18H,6-7,16H2,1-2H3. The van der Waals surface area contributed by atoms with Crippen LogP contribution in [0, 0.1) is 0 Å².